The van der Waals surface area contributed by atoms with Gasteiger partial charge in [0.05, 0.1) is 25.5 Å². The molecule has 2 aromatic rings. The van der Waals surface area contributed by atoms with Gasteiger partial charge in [-0.3, -0.25) is 4.98 Å². The maximum absolute atomic E-state index is 12.3. The first-order valence-electron chi connectivity index (χ1n) is 9.42. The van der Waals surface area contributed by atoms with Gasteiger partial charge in [-0.15, -0.1) is 0 Å². The molecule has 142 valence electrons. The Labute approximate surface area is 158 Å². The molecule has 0 bridgehead atoms. The van der Waals surface area contributed by atoms with Crippen LogP contribution in [0.3, 0.4) is 0 Å². The fourth-order valence-electron chi connectivity index (χ4n) is 3.50. The van der Waals surface area contributed by atoms with Crippen LogP contribution < -0.4 is 10.2 Å². The summed E-state index contributed by atoms with van der Waals surface area (Å²) in [6, 6.07) is 3.82. The third kappa shape index (κ3) is 3.71. The summed E-state index contributed by atoms with van der Waals surface area (Å²) in [6.45, 7) is 6.70. The fraction of sp³-hybridized carbons (Fsp3) is 0.474. The minimum Gasteiger partial charge on any atom is -0.378 e. The van der Waals surface area contributed by atoms with Crippen LogP contribution in [0.25, 0.3) is 11.4 Å². The van der Waals surface area contributed by atoms with Gasteiger partial charge in [-0.2, -0.15) is 0 Å². The molecule has 2 amide bonds. The van der Waals surface area contributed by atoms with Crippen molar-refractivity contribution in [2.45, 2.75) is 19.9 Å². The van der Waals surface area contributed by atoms with Crippen molar-refractivity contribution in [2.24, 2.45) is 0 Å². The number of amides is 2. The molecule has 1 saturated heterocycles. The van der Waals surface area contributed by atoms with E-state index in [1.165, 1.54) is 0 Å². The Morgan fingerprint density at radius 1 is 1.19 bits per heavy atom. The van der Waals surface area contributed by atoms with Gasteiger partial charge in [-0.05, 0) is 19.1 Å². The summed E-state index contributed by atoms with van der Waals surface area (Å²) in [7, 11) is 0. The van der Waals surface area contributed by atoms with E-state index in [1.807, 2.05) is 24.0 Å². The monoisotopic (exact) mass is 368 g/mol. The highest BCUT2D eigenvalue weighted by atomic mass is 16.5. The molecule has 0 saturated carbocycles. The molecular weight excluding hydrogens is 344 g/mol. The van der Waals surface area contributed by atoms with Crippen molar-refractivity contribution in [3.05, 3.63) is 35.8 Å². The largest absolute Gasteiger partial charge is 0.378 e. The van der Waals surface area contributed by atoms with Crippen LogP contribution in [0.2, 0.25) is 0 Å². The molecule has 1 fully saturated rings. The summed E-state index contributed by atoms with van der Waals surface area (Å²) in [5.41, 5.74) is 3.03. The number of nitrogens with one attached hydrogen (secondary N) is 1. The molecule has 1 N–H and O–H groups in total. The second-order valence-corrected chi connectivity index (χ2v) is 6.64. The van der Waals surface area contributed by atoms with Crippen molar-refractivity contribution >= 4 is 11.8 Å². The summed E-state index contributed by atoms with van der Waals surface area (Å²) in [5, 5.41) is 2.89. The van der Waals surface area contributed by atoms with Gasteiger partial charge in [0.25, 0.3) is 0 Å². The maximum atomic E-state index is 12.3. The van der Waals surface area contributed by atoms with Crippen molar-refractivity contribution in [1.82, 2.24) is 25.2 Å². The molecule has 0 spiro atoms. The van der Waals surface area contributed by atoms with E-state index in [4.69, 9.17) is 14.7 Å². The molecule has 4 rings (SSSR count). The molecule has 2 aliphatic heterocycles. The van der Waals surface area contributed by atoms with Crippen LogP contribution in [-0.2, 0) is 17.7 Å². The number of hydrogen-bond donors (Lipinski definition) is 1. The van der Waals surface area contributed by atoms with Crippen LogP contribution >= 0.6 is 0 Å². The van der Waals surface area contributed by atoms with E-state index in [0.29, 0.717) is 38.7 Å². The first-order valence-corrected chi connectivity index (χ1v) is 9.42. The molecule has 0 radical (unpaired) electrons. The number of ether oxygens (including phenoxy) is 1. The molecule has 0 atom stereocenters. The minimum atomic E-state index is -0.0331. The van der Waals surface area contributed by atoms with Crippen LogP contribution in [-0.4, -0.2) is 65.3 Å². The van der Waals surface area contributed by atoms with E-state index < -0.39 is 0 Å². The zero-order valence-electron chi connectivity index (χ0n) is 15.5. The molecule has 0 aliphatic carbocycles. The van der Waals surface area contributed by atoms with Crippen molar-refractivity contribution in [3.63, 3.8) is 0 Å². The van der Waals surface area contributed by atoms with E-state index >= 15 is 0 Å². The second kappa shape index (κ2) is 7.87. The Balaban J connectivity index is 1.73. The lowest BCUT2D eigenvalue weighted by atomic mass is 10.0. The number of anilines is 1. The number of carbonyl (C=O) groups is 1. The molecule has 2 aliphatic rings. The smallest absolute Gasteiger partial charge is 0.317 e. The predicted molar refractivity (Wildman–Crippen MR) is 101 cm³/mol. The van der Waals surface area contributed by atoms with Crippen LogP contribution in [0.1, 0.15) is 18.2 Å². The first kappa shape index (κ1) is 17.7. The highest BCUT2D eigenvalue weighted by Crippen LogP contribution is 2.30. The third-order valence-corrected chi connectivity index (χ3v) is 4.90. The number of fused-ring (bicyclic) bond motifs is 1. The van der Waals surface area contributed by atoms with Gasteiger partial charge < -0.3 is 19.9 Å². The van der Waals surface area contributed by atoms with Crippen LogP contribution in [0.15, 0.2) is 24.5 Å². The molecule has 8 heteroatoms. The molecule has 0 aromatic carbocycles. The zero-order valence-corrected chi connectivity index (χ0v) is 15.5. The molecule has 27 heavy (non-hydrogen) atoms. The number of hydrogen-bond acceptors (Lipinski definition) is 6. The number of morpholine rings is 1. The molecule has 0 unspecified atom stereocenters. The molecule has 4 heterocycles. The topological polar surface area (TPSA) is 83.5 Å². The standard InChI is InChI=1S/C19H24N6O2/c1-2-21-19(26)25-8-5-16-15(13-25)18(24-9-11-27-12-10-24)23-17(22-16)14-3-6-20-7-4-14/h3-4,6-7H,2,5,8-13H2,1H3,(H,21,26). The summed E-state index contributed by atoms with van der Waals surface area (Å²) in [6.07, 6.45) is 4.23. The number of nitrogens with zero attached hydrogens (tertiary/aromatic N) is 5. The van der Waals surface area contributed by atoms with E-state index in [9.17, 15) is 4.79 Å². The number of carbonyl (C=O) groups excluding carboxylic acids is 1. The summed E-state index contributed by atoms with van der Waals surface area (Å²) in [4.78, 5) is 30.2. The molecular formula is C19H24N6O2. The summed E-state index contributed by atoms with van der Waals surface area (Å²) >= 11 is 0. The lowest BCUT2D eigenvalue weighted by molar-refractivity contribution is 0.122. The second-order valence-electron chi connectivity index (χ2n) is 6.64. The number of aromatic nitrogens is 3. The third-order valence-electron chi connectivity index (χ3n) is 4.90. The Morgan fingerprint density at radius 3 is 2.70 bits per heavy atom. The van der Waals surface area contributed by atoms with Gasteiger partial charge in [0.2, 0.25) is 0 Å². The van der Waals surface area contributed by atoms with Crippen molar-refractivity contribution in [2.75, 3.05) is 44.3 Å². The highest BCUT2D eigenvalue weighted by Gasteiger charge is 2.28. The van der Waals surface area contributed by atoms with Gasteiger partial charge in [0.15, 0.2) is 5.82 Å². The van der Waals surface area contributed by atoms with Gasteiger partial charge in [0, 0.05) is 56.1 Å². The quantitative estimate of drug-likeness (QED) is 0.883. The van der Waals surface area contributed by atoms with E-state index in [-0.39, 0.29) is 6.03 Å². The Morgan fingerprint density at radius 2 is 1.96 bits per heavy atom. The van der Waals surface area contributed by atoms with Gasteiger partial charge in [-0.1, -0.05) is 0 Å². The van der Waals surface area contributed by atoms with Gasteiger partial charge in [0.1, 0.15) is 5.82 Å². The number of pyridine rings is 1. The minimum absolute atomic E-state index is 0.0331. The molecule has 2 aromatic heterocycles. The van der Waals surface area contributed by atoms with Crippen molar-refractivity contribution < 1.29 is 9.53 Å². The fourth-order valence-corrected chi connectivity index (χ4v) is 3.50. The zero-order chi connectivity index (χ0) is 18.6. The van der Waals surface area contributed by atoms with Crippen LogP contribution in [0, 0.1) is 0 Å². The average molecular weight is 368 g/mol. The Bertz CT molecular complexity index is 807. The van der Waals surface area contributed by atoms with E-state index in [0.717, 1.165) is 42.1 Å². The first-order chi connectivity index (χ1) is 13.3. The number of rotatable bonds is 3. The predicted octanol–water partition coefficient (Wildman–Crippen LogP) is 1.46. The van der Waals surface area contributed by atoms with Crippen LogP contribution in [0.4, 0.5) is 10.6 Å². The highest BCUT2D eigenvalue weighted by molar-refractivity contribution is 5.75. The molecule has 8 nitrogen and oxygen atoms in total. The maximum Gasteiger partial charge on any atom is 0.317 e. The SMILES string of the molecule is CCNC(=O)N1CCc2nc(-c3ccncc3)nc(N3CCOCC3)c2C1. The van der Waals surface area contributed by atoms with E-state index in [2.05, 4.69) is 15.2 Å². The lowest BCUT2D eigenvalue weighted by Gasteiger charge is -2.34. The Kier molecular flexibility index (Phi) is 5.15. The van der Waals surface area contributed by atoms with E-state index in [1.54, 1.807) is 12.4 Å². The average Bonchev–Trinajstić information content (AvgIpc) is 2.74. The summed E-state index contributed by atoms with van der Waals surface area (Å²) < 4.78 is 5.50. The van der Waals surface area contributed by atoms with Crippen molar-refractivity contribution in [1.29, 1.82) is 0 Å². The van der Waals surface area contributed by atoms with Crippen molar-refractivity contribution in [3.8, 4) is 11.4 Å². The lowest BCUT2D eigenvalue weighted by Crippen LogP contribution is -2.44. The number of urea groups is 1. The van der Waals surface area contributed by atoms with Gasteiger partial charge >= 0.3 is 6.03 Å². The normalized spacial score (nSPS) is 16.8. The Hall–Kier alpha value is -2.74. The van der Waals surface area contributed by atoms with Crippen LogP contribution in [0.5, 0.6) is 0 Å². The summed E-state index contributed by atoms with van der Waals surface area (Å²) in [5.74, 6) is 1.63. The van der Waals surface area contributed by atoms with Gasteiger partial charge in [-0.25, -0.2) is 14.8 Å².